The number of carbonyl (C=O) groups excluding carboxylic acids is 1. The first-order valence-corrected chi connectivity index (χ1v) is 8.28. The maximum absolute atomic E-state index is 12.3. The lowest BCUT2D eigenvalue weighted by Crippen LogP contribution is -2.30. The molecule has 0 spiro atoms. The highest BCUT2D eigenvalue weighted by Gasteiger charge is 2.11. The van der Waals surface area contributed by atoms with E-state index >= 15 is 0 Å². The number of aryl methyl sites for hydroxylation is 2. The molecule has 130 valence electrons. The average molecular weight is 338 g/mol. The van der Waals surface area contributed by atoms with Gasteiger partial charge >= 0.3 is 0 Å². The first-order chi connectivity index (χ1) is 12.0. The van der Waals surface area contributed by atoms with E-state index in [4.69, 9.17) is 0 Å². The molecule has 0 saturated carbocycles. The minimum Gasteiger partial charge on any atom is -0.352 e. The second kappa shape index (κ2) is 7.29. The monoisotopic (exact) mass is 338 g/mol. The van der Waals surface area contributed by atoms with Crippen LogP contribution in [0.2, 0.25) is 0 Å². The highest BCUT2D eigenvalue weighted by molar-refractivity contribution is 5.93. The number of rotatable bonds is 6. The molecule has 0 aliphatic carbocycles. The first-order valence-electron chi connectivity index (χ1n) is 8.28. The van der Waals surface area contributed by atoms with Crippen molar-refractivity contribution in [3.05, 3.63) is 59.8 Å². The topological polar surface area (TPSA) is 77.6 Å². The van der Waals surface area contributed by atoms with Gasteiger partial charge in [-0.2, -0.15) is 10.2 Å². The number of aromatic nitrogens is 5. The van der Waals surface area contributed by atoms with Crippen molar-refractivity contribution in [2.45, 2.75) is 27.3 Å². The lowest BCUT2D eigenvalue weighted by atomic mass is 10.1. The largest absolute Gasteiger partial charge is 0.352 e. The van der Waals surface area contributed by atoms with Crippen molar-refractivity contribution in [2.75, 3.05) is 6.54 Å². The zero-order valence-corrected chi connectivity index (χ0v) is 14.7. The van der Waals surface area contributed by atoms with E-state index < -0.39 is 0 Å². The summed E-state index contributed by atoms with van der Waals surface area (Å²) in [7, 11) is 0. The molecule has 3 aromatic rings. The molecular formula is C18H22N6O. The van der Waals surface area contributed by atoms with Gasteiger partial charge in [-0.3, -0.25) is 9.48 Å². The molecule has 0 bridgehead atoms. The Morgan fingerprint density at radius 3 is 2.76 bits per heavy atom. The van der Waals surface area contributed by atoms with E-state index in [9.17, 15) is 4.79 Å². The highest BCUT2D eigenvalue weighted by Crippen LogP contribution is 2.10. The van der Waals surface area contributed by atoms with Gasteiger partial charge in [0.1, 0.15) is 0 Å². The molecule has 1 N–H and O–H groups in total. The minimum absolute atomic E-state index is 0.125. The third-order valence-corrected chi connectivity index (χ3v) is 3.91. The van der Waals surface area contributed by atoms with Gasteiger partial charge < -0.3 is 5.32 Å². The van der Waals surface area contributed by atoms with Crippen LogP contribution < -0.4 is 5.32 Å². The molecule has 7 nitrogen and oxygen atoms in total. The number of hydrogen-bond acceptors (Lipinski definition) is 4. The molecule has 0 fully saturated rings. The summed E-state index contributed by atoms with van der Waals surface area (Å²) in [5.41, 5.74) is 2.48. The summed E-state index contributed by atoms with van der Waals surface area (Å²) in [6.45, 7) is 7.34. The number of pyridine rings is 1. The number of nitrogens with one attached hydrogen (secondary N) is 1. The molecule has 0 aromatic carbocycles. The Balaban J connectivity index is 1.58. The summed E-state index contributed by atoms with van der Waals surface area (Å²) in [6, 6.07) is 7.46. The Hall–Kier alpha value is -2.96. The van der Waals surface area contributed by atoms with Gasteiger partial charge in [0.2, 0.25) is 0 Å². The molecule has 7 heteroatoms. The van der Waals surface area contributed by atoms with E-state index in [-0.39, 0.29) is 11.8 Å². The van der Waals surface area contributed by atoms with Gasteiger partial charge in [0.25, 0.3) is 5.91 Å². The summed E-state index contributed by atoms with van der Waals surface area (Å²) in [4.78, 5) is 16.6. The molecule has 1 atom stereocenters. The van der Waals surface area contributed by atoms with Gasteiger partial charge in [-0.05, 0) is 44.0 Å². The molecule has 0 aliphatic rings. The van der Waals surface area contributed by atoms with Gasteiger partial charge in [0.05, 0.1) is 11.3 Å². The number of nitrogens with zero attached hydrogens (tertiary/aromatic N) is 5. The molecule has 3 heterocycles. The van der Waals surface area contributed by atoms with Gasteiger partial charge in [-0.15, -0.1) is 0 Å². The van der Waals surface area contributed by atoms with E-state index in [1.165, 1.54) is 0 Å². The third-order valence-electron chi connectivity index (χ3n) is 3.91. The van der Waals surface area contributed by atoms with Crippen LogP contribution in [0.5, 0.6) is 0 Å². The maximum Gasteiger partial charge on any atom is 0.252 e. The van der Waals surface area contributed by atoms with Gasteiger partial charge in [0, 0.05) is 37.4 Å². The van der Waals surface area contributed by atoms with E-state index in [2.05, 4.69) is 27.4 Å². The van der Waals surface area contributed by atoms with E-state index in [0.717, 1.165) is 17.9 Å². The van der Waals surface area contributed by atoms with Crippen LogP contribution >= 0.6 is 0 Å². The summed E-state index contributed by atoms with van der Waals surface area (Å²) in [5.74, 6) is 0.861. The van der Waals surface area contributed by atoms with Crippen molar-refractivity contribution >= 4 is 5.91 Å². The number of carbonyl (C=O) groups is 1. The number of amides is 1. The fourth-order valence-corrected chi connectivity index (χ4v) is 2.67. The molecule has 25 heavy (non-hydrogen) atoms. The summed E-state index contributed by atoms with van der Waals surface area (Å²) in [6.07, 6.45) is 5.25. The predicted molar refractivity (Wildman–Crippen MR) is 94.6 cm³/mol. The Morgan fingerprint density at radius 1 is 1.32 bits per heavy atom. The molecule has 3 aromatic heterocycles. The van der Waals surface area contributed by atoms with Crippen LogP contribution in [0.3, 0.4) is 0 Å². The van der Waals surface area contributed by atoms with E-state index in [0.29, 0.717) is 17.9 Å². The van der Waals surface area contributed by atoms with Crippen molar-refractivity contribution in [3.8, 4) is 5.82 Å². The van der Waals surface area contributed by atoms with E-state index in [1.807, 2.05) is 42.9 Å². The Bertz CT molecular complexity index is 835. The Morgan fingerprint density at radius 2 is 2.16 bits per heavy atom. The minimum atomic E-state index is -0.125. The van der Waals surface area contributed by atoms with Crippen molar-refractivity contribution in [1.29, 1.82) is 0 Å². The summed E-state index contributed by atoms with van der Waals surface area (Å²) in [5, 5.41) is 11.5. The fraction of sp³-hybridized carbons (Fsp3) is 0.333. The lowest BCUT2D eigenvalue weighted by Gasteiger charge is -2.13. The summed E-state index contributed by atoms with van der Waals surface area (Å²) < 4.78 is 3.63. The maximum atomic E-state index is 12.3. The quantitative estimate of drug-likeness (QED) is 0.747. The SMILES string of the molecule is Cc1cc(C)n(-c2ccc(C(=O)NCC(C)Cn3cccn3)cn2)n1. The van der Waals surface area contributed by atoms with Gasteiger partial charge in [-0.1, -0.05) is 6.92 Å². The van der Waals surface area contributed by atoms with Crippen LogP contribution in [0, 0.1) is 19.8 Å². The molecule has 3 rings (SSSR count). The van der Waals surface area contributed by atoms with Crippen LogP contribution in [0.25, 0.3) is 5.82 Å². The first kappa shape index (κ1) is 16.9. The van der Waals surface area contributed by atoms with Crippen LogP contribution in [-0.2, 0) is 6.54 Å². The van der Waals surface area contributed by atoms with Crippen LogP contribution in [0.15, 0.2) is 42.9 Å². The molecule has 0 aliphatic heterocycles. The van der Waals surface area contributed by atoms with Gasteiger partial charge in [0.15, 0.2) is 5.82 Å². The normalized spacial score (nSPS) is 12.1. The molecule has 1 unspecified atom stereocenters. The predicted octanol–water partition coefficient (Wildman–Crippen LogP) is 2.15. The molecule has 1 amide bonds. The van der Waals surface area contributed by atoms with Crippen LogP contribution in [0.1, 0.15) is 28.7 Å². The summed E-state index contributed by atoms with van der Waals surface area (Å²) >= 11 is 0. The van der Waals surface area contributed by atoms with Crippen molar-refractivity contribution in [2.24, 2.45) is 5.92 Å². The van der Waals surface area contributed by atoms with Gasteiger partial charge in [-0.25, -0.2) is 9.67 Å². The molecule has 0 saturated heterocycles. The van der Waals surface area contributed by atoms with Crippen LogP contribution in [0.4, 0.5) is 0 Å². The van der Waals surface area contributed by atoms with Crippen LogP contribution in [-0.4, -0.2) is 37.0 Å². The fourth-order valence-electron chi connectivity index (χ4n) is 2.67. The van der Waals surface area contributed by atoms with Crippen molar-refractivity contribution < 1.29 is 4.79 Å². The standard InChI is InChI=1S/C18H22N6O/c1-13(12-23-8-4-7-21-23)10-20-18(25)16-5-6-17(19-11-16)24-15(3)9-14(2)22-24/h4-9,11,13H,10,12H2,1-3H3,(H,20,25). The second-order valence-corrected chi connectivity index (χ2v) is 6.29. The zero-order chi connectivity index (χ0) is 17.8. The zero-order valence-electron chi connectivity index (χ0n) is 14.7. The Kier molecular flexibility index (Phi) is 4.92. The van der Waals surface area contributed by atoms with E-state index in [1.54, 1.807) is 23.1 Å². The smallest absolute Gasteiger partial charge is 0.252 e. The Labute approximate surface area is 146 Å². The van der Waals surface area contributed by atoms with Crippen molar-refractivity contribution in [3.63, 3.8) is 0 Å². The lowest BCUT2D eigenvalue weighted by molar-refractivity contribution is 0.0946. The van der Waals surface area contributed by atoms with Crippen molar-refractivity contribution in [1.82, 2.24) is 29.9 Å². The number of hydrogen-bond donors (Lipinski definition) is 1. The highest BCUT2D eigenvalue weighted by atomic mass is 16.1. The molecular weight excluding hydrogens is 316 g/mol. The average Bonchev–Trinajstić information content (AvgIpc) is 3.22. The third kappa shape index (κ3) is 4.12. The molecule has 0 radical (unpaired) electrons. The second-order valence-electron chi connectivity index (χ2n) is 6.29.